The second-order valence-corrected chi connectivity index (χ2v) is 4.61. The Balaban J connectivity index is 3.00. The topological polar surface area (TPSA) is 47.3 Å². The monoisotopic (exact) mass is 236 g/mol. The molecule has 0 aliphatic carbocycles. The molecule has 17 heavy (non-hydrogen) atoms. The fourth-order valence-electron chi connectivity index (χ4n) is 2.10. The predicted octanol–water partition coefficient (Wildman–Crippen LogP) is 2.70. The molecule has 0 saturated carbocycles. The summed E-state index contributed by atoms with van der Waals surface area (Å²) >= 11 is 0. The van der Waals surface area contributed by atoms with E-state index in [1.54, 1.807) is 0 Å². The molecular weight excluding hydrogens is 212 g/mol. The van der Waals surface area contributed by atoms with Crippen LogP contribution in [0.25, 0.3) is 0 Å². The van der Waals surface area contributed by atoms with Crippen molar-refractivity contribution in [2.24, 2.45) is 5.84 Å². The van der Waals surface area contributed by atoms with Crippen LogP contribution < -0.4 is 11.3 Å². The first kappa shape index (κ1) is 14.2. The molecule has 0 amide bonds. The third kappa shape index (κ3) is 3.28. The first-order valence-corrected chi connectivity index (χ1v) is 6.24. The summed E-state index contributed by atoms with van der Waals surface area (Å²) in [5, 5.41) is 0. The zero-order valence-corrected chi connectivity index (χ0v) is 11.3. The smallest absolute Gasteiger partial charge is 0.0858 e. The number of rotatable bonds is 6. The standard InChI is InChI=1S/C14H24N2O/c1-5-14(4,17-6-2)13(16-15)12-9-7-11(3)8-10-12/h7-10,13,16H,5-6,15H2,1-4H3. The Morgan fingerprint density at radius 1 is 1.29 bits per heavy atom. The summed E-state index contributed by atoms with van der Waals surface area (Å²) in [5.41, 5.74) is 5.02. The van der Waals surface area contributed by atoms with Gasteiger partial charge in [-0.3, -0.25) is 11.3 Å². The molecule has 2 unspecified atom stereocenters. The van der Waals surface area contributed by atoms with Crippen LogP contribution in [0.3, 0.4) is 0 Å². The minimum Gasteiger partial charge on any atom is -0.374 e. The van der Waals surface area contributed by atoms with E-state index >= 15 is 0 Å². The number of nitrogens with two attached hydrogens (primary N) is 1. The van der Waals surface area contributed by atoms with Crippen molar-refractivity contribution in [1.82, 2.24) is 5.43 Å². The molecule has 3 nitrogen and oxygen atoms in total. The SMILES string of the molecule is CCOC(C)(CC)C(NN)c1ccc(C)cc1. The van der Waals surface area contributed by atoms with Crippen LogP contribution in [0.4, 0.5) is 0 Å². The number of ether oxygens (including phenoxy) is 1. The molecular formula is C14H24N2O. The van der Waals surface area contributed by atoms with E-state index in [-0.39, 0.29) is 11.6 Å². The van der Waals surface area contributed by atoms with E-state index in [4.69, 9.17) is 10.6 Å². The van der Waals surface area contributed by atoms with Crippen LogP contribution in [-0.2, 0) is 4.74 Å². The Morgan fingerprint density at radius 2 is 1.88 bits per heavy atom. The van der Waals surface area contributed by atoms with Gasteiger partial charge in [0.2, 0.25) is 0 Å². The van der Waals surface area contributed by atoms with Gasteiger partial charge in [0.05, 0.1) is 11.6 Å². The minimum absolute atomic E-state index is 0.00745. The lowest BCUT2D eigenvalue weighted by Crippen LogP contribution is -2.46. The van der Waals surface area contributed by atoms with Crippen molar-refractivity contribution in [3.8, 4) is 0 Å². The van der Waals surface area contributed by atoms with Crippen LogP contribution in [0.2, 0.25) is 0 Å². The van der Waals surface area contributed by atoms with Crippen LogP contribution in [0.15, 0.2) is 24.3 Å². The van der Waals surface area contributed by atoms with Gasteiger partial charge in [0.15, 0.2) is 0 Å². The fraction of sp³-hybridized carbons (Fsp3) is 0.571. The molecule has 3 heteroatoms. The van der Waals surface area contributed by atoms with Gasteiger partial charge >= 0.3 is 0 Å². The summed E-state index contributed by atoms with van der Waals surface area (Å²) < 4.78 is 5.87. The molecule has 0 radical (unpaired) electrons. The van der Waals surface area contributed by atoms with E-state index in [9.17, 15) is 0 Å². The maximum Gasteiger partial charge on any atom is 0.0858 e. The highest BCUT2D eigenvalue weighted by atomic mass is 16.5. The molecule has 0 saturated heterocycles. The Morgan fingerprint density at radius 3 is 2.29 bits per heavy atom. The van der Waals surface area contributed by atoms with Gasteiger partial charge in [0.1, 0.15) is 0 Å². The average Bonchev–Trinajstić information content (AvgIpc) is 2.33. The average molecular weight is 236 g/mol. The van der Waals surface area contributed by atoms with Gasteiger partial charge in [-0.2, -0.15) is 0 Å². The van der Waals surface area contributed by atoms with Gasteiger partial charge in [0.25, 0.3) is 0 Å². The third-order valence-electron chi connectivity index (χ3n) is 3.36. The lowest BCUT2D eigenvalue weighted by atomic mass is 9.88. The molecule has 0 heterocycles. The van der Waals surface area contributed by atoms with Crippen molar-refractivity contribution >= 4 is 0 Å². The van der Waals surface area contributed by atoms with Crippen molar-refractivity contribution in [1.29, 1.82) is 0 Å². The molecule has 1 aromatic rings. The molecule has 96 valence electrons. The van der Waals surface area contributed by atoms with Crippen molar-refractivity contribution in [2.75, 3.05) is 6.61 Å². The molecule has 1 aromatic carbocycles. The Kier molecular flexibility index (Phi) is 5.12. The van der Waals surface area contributed by atoms with Crippen LogP contribution in [-0.4, -0.2) is 12.2 Å². The normalized spacial score (nSPS) is 16.5. The molecule has 0 spiro atoms. The fourth-order valence-corrected chi connectivity index (χ4v) is 2.10. The maximum absolute atomic E-state index is 5.87. The Bertz CT molecular complexity index is 337. The number of hydrogen-bond donors (Lipinski definition) is 2. The molecule has 2 atom stereocenters. The molecule has 3 N–H and O–H groups in total. The zero-order valence-electron chi connectivity index (χ0n) is 11.3. The minimum atomic E-state index is -0.279. The van der Waals surface area contributed by atoms with E-state index in [0.29, 0.717) is 6.61 Å². The van der Waals surface area contributed by atoms with Crippen molar-refractivity contribution in [3.05, 3.63) is 35.4 Å². The number of nitrogens with one attached hydrogen (secondary N) is 1. The summed E-state index contributed by atoms with van der Waals surface area (Å²) in [5.74, 6) is 5.70. The number of hydrazine groups is 1. The van der Waals surface area contributed by atoms with Gasteiger partial charge in [-0.05, 0) is 32.8 Å². The van der Waals surface area contributed by atoms with Crippen LogP contribution in [0.5, 0.6) is 0 Å². The second-order valence-electron chi connectivity index (χ2n) is 4.61. The quantitative estimate of drug-likeness (QED) is 0.589. The van der Waals surface area contributed by atoms with E-state index < -0.39 is 0 Å². The van der Waals surface area contributed by atoms with Crippen LogP contribution in [0.1, 0.15) is 44.4 Å². The van der Waals surface area contributed by atoms with E-state index in [2.05, 4.69) is 50.5 Å². The highest BCUT2D eigenvalue weighted by molar-refractivity contribution is 5.26. The second kappa shape index (κ2) is 6.15. The molecule has 0 bridgehead atoms. The number of benzene rings is 1. The largest absolute Gasteiger partial charge is 0.374 e. The molecule has 0 aliphatic heterocycles. The summed E-state index contributed by atoms with van der Waals surface area (Å²) in [6.45, 7) is 9.00. The van der Waals surface area contributed by atoms with Crippen molar-refractivity contribution in [2.45, 2.75) is 45.8 Å². The first-order valence-electron chi connectivity index (χ1n) is 6.24. The van der Waals surface area contributed by atoms with E-state index in [1.165, 1.54) is 5.56 Å². The van der Waals surface area contributed by atoms with Crippen LogP contribution >= 0.6 is 0 Å². The lowest BCUT2D eigenvalue weighted by molar-refractivity contribution is -0.0564. The van der Waals surface area contributed by atoms with Gasteiger partial charge in [-0.25, -0.2) is 0 Å². The van der Waals surface area contributed by atoms with Gasteiger partial charge < -0.3 is 4.74 Å². The molecule has 0 fully saturated rings. The Labute approximate surface area is 104 Å². The predicted molar refractivity (Wildman–Crippen MR) is 71.6 cm³/mol. The lowest BCUT2D eigenvalue weighted by Gasteiger charge is -2.36. The molecule has 0 aliphatic rings. The van der Waals surface area contributed by atoms with Crippen LogP contribution in [0, 0.1) is 6.92 Å². The highest BCUT2D eigenvalue weighted by Gasteiger charge is 2.33. The van der Waals surface area contributed by atoms with Gasteiger partial charge in [-0.15, -0.1) is 0 Å². The first-order chi connectivity index (χ1) is 8.07. The summed E-state index contributed by atoms with van der Waals surface area (Å²) in [6.07, 6.45) is 0.906. The Hall–Kier alpha value is -0.900. The summed E-state index contributed by atoms with van der Waals surface area (Å²) in [6, 6.07) is 8.41. The summed E-state index contributed by atoms with van der Waals surface area (Å²) in [4.78, 5) is 0. The molecule has 0 aromatic heterocycles. The number of aryl methyl sites for hydroxylation is 1. The van der Waals surface area contributed by atoms with E-state index in [0.717, 1.165) is 12.0 Å². The molecule has 1 rings (SSSR count). The third-order valence-corrected chi connectivity index (χ3v) is 3.36. The highest BCUT2D eigenvalue weighted by Crippen LogP contribution is 2.31. The van der Waals surface area contributed by atoms with E-state index in [1.807, 2.05) is 6.92 Å². The van der Waals surface area contributed by atoms with Crippen molar-refractivity contribution in [3.63, 3.8) is 0 Å². The van der Waals surface area contributed by atoms with Crippen molar-refractivity contribution < 1.29 is 4.74 Å². The van der Waals surface area contributed by atoms with Gasteiger partial charge in [-0.1, -0.05) is 36.8 Å². The zero-order chi connectivity index (χ0) is 12.9. The van der Waals surface area contributed by atoms with Gasteiger partial charge in [0, 0.05) is 6.61 Å². The number of hydrogen-bond acceptors (Lipinski definition) is 3. The summed E-state index contributed by atoms with van der Waals surface area (Å²) in [7, 11) is 0. The maximum atomic E-state index is 5.87.